The highest BCUT2D eigenvalue weighted by Crippen LogP contribution is 2.15. The van der Waals surface area contributed by atoms with Gasteiger partial charge in [0.1, 0.15) is 6.07 Å². The summed E-state index contributed by atoms with van der Waals surface area (Å²) in [6, 6.07) is 3.25. The van der Waals surface area contributed by atoms with E-state index in [1.54, 1.807) is 6.07 Å². The lowest BCUT2D eigenvalue weighted by Crippen LogP contribution is -2.04. The molecule has 4 heteroatoms. The summed E-state index contributed by atoms with van der Waals surface area (Å²) < 4.78 is 0. The van der Waals surface area contributed by atoms with Gasteiger partial charge in [0.2, 0.25) is 0 Å². The predicted octanol–water partition coefficient (Wildman–Crippen LogP) is 1.77. The number of pyridine rings is 1. The molecule has 0 spiro atoms. The molecule has 1 aromatic rings. The number of aromatic carboxylic acids is 1. The molecule has 0 unspecified atom stereocenters. The first-order chi connectivity index (χ1) is 6.56. The molecule has 0 saturated heterocycles. The van der Waals surface area contributed by atoms with Crippen molar-refractivity contribution in [1.82, 2.24) is 4.98 Å². The summed E-state index contributed by atoms with van der Waals surface area (Å²) >= 11 is 0. The summed E-state index contributed by atoms with van der Waals surface area (Å²) in [4.78, 5) is 14.8. The van der Waals surface area contributed by atoms with Crippen LogP contribution in [0.25, 0.3) is 0 Å². The van der Waals surface area contributed by atoms with Crippen LogP contribution in [-0.4, -0.2) is 16.1 Å². The van der Waals surface area contributed by atoms with E-state index in [1.807, 2.05) is 13.8 Å². The highest BCUT2D eigenvalue weighted by molar-refractivity contribution is 5.90. The van der Waals surface area contributed by atoms with Gasteiger partial charge < -0.3 is 5.11 Å². The number of hydrogen-bond acceptors (Lipinski definition) is 3. The normalized spacial score (nSPS) is 9.86. The van der Waals surface area contributed by atoms with Crippen molar-refractivity contribution in [1.29, 1.82) is 5.26 Å². The molecule has 0 radical (unpaired) electrons. The lowest BCUT2D eigenvalue weighted by atomic mass is 10.0. The minimum atomic E-state index is -1.09. The molecular weight excluding hydrogens is 180 g/mol. The SMILES string of the molecule is CC(C)c1cc(C(=O)O)c(C#N)cn1. The molecule has 0 aliphatic rings. The molecule has 72 valence electrons. The number of carboxylic acids is 1. The Hall–Kier alpha value is -1.89. The van der Waals surface area contributed by atoms with Crippen molar-refractivity contribution in [3.8, 4) is 6.07 Å². The van der Waals surface area contributed by atoms with Crippen molar-refractivity contribution in [3.63, 3.8) is 0 Å². The van der Waals surface area contributed by atoms with E-state index >= 15 is 0 Å². The van der Waals surface area contributed by atoms with E-state index in [0.29, 0.717) is 5.69 Å². The third-order valence-electron chi connectivity index (χ3n) is 1.87. The predicted molar refractivity (Wildman–Crippen MR) is 50.0 cm³/mol. The second kappa shape index (κ2) is 3.88. The Bertz CT molecular complexity index is 405. The minimum absolute atomic E-state index is 0.0196. The van der Waals surface area contributed by atoms with Gasteiger partial charge in [0, 0.05) is 11.9 Å². The van der Waals surface area contributed by atoms with Crippen LogP contribution < -0.4 is 0 Å². The molecule has 4 nitrogen and oxygen atoms in total. The van der Waals surface area contributed by atoms with Gasteiger partial charge >= 0.3 is 5.97 Å². The van der Waals surface area contributed by atoms with Crippen molar-refractivity contribution in [3.05, 3.63) is 29.1 Å². The lowest BCUT2D eigenvalue weighted by Gasteiger charge is -2.05. The van der Waals surface area contributed by atoms with Gasteiger partial charge in [0.25, 0.3) is 0 Å². The number of carboxylic acid groups (broad SMARTS) is 1. The van der Waals surface area contributed by atoms with Gasteiger partial charge in [-0.3, -0.25) is 4.98 Å². The number of carbonyl (C=O) groups is 1. The van der Waals surface area contributed by atoms with Gasteiger partial charge in [-0.25, -0.2) is 4.79 Å². The molecule has 1 N–H and O–H groups in total. The maximum Gasteiger partial charge on any atom is 0.337 e. The summed E-state index contributed by atoms with van der Waals surface area (Å²) in [7, 11) is 0. The van der Waals surface area contributed by atoms with Crippen LogP contribution in [-0.2, 0) is 0 Å². The molecule has 1 heterocycles. The maximum atomic E-state index is 10.8. The first-order valence-electron chi connectivity index (χ1n) is 4.19. The van der Waals surface area contributed by atoms with Gasteiger partial charge in [0.05, 0.1) is 11.1 Å². The molecular formula is C10H10N2O2. The van der Waals surface area contributed by atoms with Crippen molar-refractivity contribution in [2.24, 2.45) is 0 Å². The third-order valence-corrected chi connectivity index (χ3v) is 1.87. The van der Waals surface area contributed by atoms with Gasteiger partial charge in [-0.15, -0.1) is 0 Å². The zero-order chi connectivity index (χ0) is 10.7. The number of nitrogens with zero attached hydrogens (tertiary/aromatic N) is 2. The Kier molecular flexibility index (Phi) is 2.82. The molecule has 1 rings (SSSR count). The number of aromatic nitrogens is 1. The number of nitriles is 1. The fourth-order valence-corrected chi connectivity index (χ4v) is 1.05. The molecule has 0 atom stereocenters. The Morgan fingerprint density at radius 2 is 2.29 bits per heavy atom. The van der Waals surface area contributed by atoms with Crippen LogP contribution in [0.15, 0.2) is 12.3 Å². The summed E-state index contributed by atoms with van der Waals surface area (Å²) in [5.41, 5.74) is 0.800. The van der Waals surface area contributed by atoms with E-state index in [1.165, 1.54) is 12.3 Å². The van der Waals surface area contributed by atoms with E-state index in [4.69, 9.17) is 10.4 Å². The Balaban J connectivity index is 3.30. The number of rotatable bonds is 2. The molecule has 0 amide bonds. The first kappa shape index (κ1) is 10.2. The second-order valence-corrected chi connectivity index (χ2v) is 3.23. The van der Waals surface area contributed by atoms with E-state index in [9.17, 15) is 4.79 Å². The Morgan fingerprint density at radius 1 is 1.64 bits per heavy atom. The lowest BCUT2D eigenvalue weighted by molar-refractivity contribution is 0.0696. The average molecular weight is 190 g/mol. The van der Waals surface area contributed by atoms with Crippen LogP contribution in [0.5, 0.6) is 0 Å². The smallest absolute Gasteiger partial charge is 0.337 e. The summed E-state index contributed by atoms with van der Waals surface area (Å²) in [6.07, 6.45) is 1.30. The number of hydrogen-bond donors (Lipinski definition) is 1. The molecule has 1 aromatic heterocycles. The Labute approximate surface area is 81.8 Å². The maximum absolute atomic E-state index is 10.8. The third kappa shape index (κ3) is 1.88. The van der Waals surface area contributed by atoms with E-state index in [-0.39, 0.29) is 17.0 Å². The van der Waals surface area contributed by atoms with E-state index < -0.39 is 5.97 Å². The van der Waals surface area contributed by atoms with Crippen LogP contribution in [0.4, 0.5) is 0 Å². The fourth-order valence-electron chi connectivity index (χ4n) is 1.05. The quantitative estimate of drug-likeness (QED) is 0.771. The molecule has 0 bridgehead atoms. The van der Waals surface area contributed by atoms with Gasteiger partial charge in [-0.2, -0.15) is 5.26 Å². The van der Waals surface area contributed by atoms with Crippen LogP contribution >= 0.6 is 0 Å². The Morgan fingerprint density at radius 3 is 2.71 bits per heavy atom. The van der Waals surface area contributed by atoms with Gasteiger partial charge in [-0.1, -0.05) is 13.8 Å². The van der Waals surface area contributed by atoms with Gasteiger partial charge in [-0.05, 0) is 12.0 Å². The minimum Gasteiger partial charge on any atom is -0.478 e. The van der Waals surface area contributed by atoms with Gasteiger partial charge in [0.15, 0.2) is 0 Å². The largest absolute Gasteiger partial charge is 0.478 e. The van der Waals surface area contributed by atoms with E-state index in [2.05, 4.69) is 4.98 Å². The van der Waals surface area contributed by atoms with Crippen LogP contribution in [0.3, 0.4) is 0 Å². The average Bonchev–Trinajstić information content (AvgIpc) is 2.16. The zero-order valence-electron chi connectivity index (χ0n) is 7.98. The summed E-state index contributed by atoms with van der Waals surface area (Å²) in [5, 5.41) is 17.5. The molecule has 14 heavy (non-hydrogen) atoms. The second-order valence-electron chi connectivity index (χ2n) is 3.23. The van der Waals surface area contributed by atoms with Crippen molar-refractivity contribution >= 4 is 5.97 Å². The monoisotopic (exact) mass is 190 g/mol. The molecule has 0 aliphatic heterocycles. The van der Waals surface area contributed by atoms with Crippen molar-refractivity contribution < 1.29 is 9.90 Å². The fraction of sp³-hybridized carbons (Fsp3) is 0.300. The summed E-state index contributed by atoms with van der Waals surface area (Å²) in [6.45, 7) is 3.83. The standard InChI is InChI=1S/C10H10N2O2/c1-6(2)9-3-8(10(13)14)7(4-11)5-12-9/h3,5-6H,1-2H3,(H,13,14). The topological polar surface area (TPSA) is 74.0 Å². The summed E-state index contributed by atoms with van der Waals surface area (Å²) in [5.74, 6) is -0.938. The molecule has 0 aromatic carbocycles. The highest BCUT2D eigenvalue weighted by atomic mass is 16.4. The van der Waals surface area contributed by atoms with Crippen LogP contribution in [0.1, 0.15) is 41.4 Å². The van der Waals surface area contributed by atoms with Crippen molar-refractivity contribution in [2.45, 2.75) is 19.8 Å². The molecule has 0 aliphatic carbocycles. The van der Waals surface area contributed by atoms with Crippen molar-refractivity contribution in [2.75, 3.05) is 0 Å². The molecule has 0 fully saturated rings. The van der Waals surface area contributed by atoms with Crippen LogP contribution in [0, 0.1) is 11.3 Å². The van der Waals surface area contributed by atoms with Crippen LogP contribution in [0.2, 0.25) is 0 Å². The highest BCUT2D eigenvalue weighted by Gasteiger charge is 2.12. The van der Waals surface area contributed by atoms with E-state index in [0.717, 1.165) is 0 Å². The molecule has 0 saturated carbocycles. The zero-order valence-corrected chi connectivity index (χ0v) is 7.98. The first-order valence-corrected chi connectivity index (χ1v) is 4.19.